The Morgan fingerprint density at radius 1 is 1.19 bits per heavy atom. The Balaban J connectivity index is 1.58. The van der Waals surface area contributed by atoms with E-state index in [4.69, 9.17) is 9.47 Å². The van der Waals surface area contributed by atoms with Crippen LogP contribution in [-0.4, -0.2) is 91.5 Å². The Labute approximate surface area is 185 Å². The molecule has 2 aromatic rings. The van der Waals surface area contributed by atoms with Gasteiger partial charge in [0.2, 0.25) is 0 Å². The molecule has 0 amide bonds. The first-order valence-corrected chi connectivity index (χ1v) is 10.7. The van der Waals surface area contributed by atoms with E-state index in [0.29, 0.717) is 26.2 Å². The summed E-state index contributed by atoms with van der Waals surface area (Å²) in [7, 11) is 7.74. The maximum atomic E-state index is 11.3. The lowest BCUT2D eigenvalue weighted by Crippen LogP contribution is -2.54. The van der Waals surface area contributed by atoms with Gasteiger partial charge < -0.3 is 24.4 Å². The normalized spacial score (nSPS) is 19.1. The van der Waals surface area contributed by atoms with Gasteiger partial charge in [-0.15, -0.1) is 0 Å². The van der Waals surface area contributed by atoms with E-state index in [1.165, 1.54) is 0 Å². The molecule has 1 N–H and O–H groups in total. The molecule has 1 aromatic carbocycles. The smallest absolute Gasteiger partial charge is 0.161 e. The minimum absolute atomic E-state index is 0.554. The summed E-state index contributed by atoms with van der Waals surface area (Å²) in [6.07, 6.45) is 6.81. The number of aliphatic hydroxyl groups is 1. The summed E-state index contributed by atoms with van der Waals surface area (Å²) in [5.41, 5.74) is 0.327. The van der Waals surface area contributed by atoms with Gasteiger partial charge in [-0.05, 0) is 51.7 Å². The molecule has 0 saturated carbocycles. The molecule has 2 heterocycles. The van der Waals surface area contributed by atoms with Crippen LogP contribution in [-0.2, 0) is 6.54 Å². The summed E-state index contributed by atoms with van der Waals surface area (Å²) in [5.74, 6) is 2.30. The van der Waals surface area contributed by atoms with Crippen molar-refractivity contribution in [3.05, 3.63) is 42.4 Å². The second-order valence-corrected chi connectivity index (χ2v) is 8.62. The summed E-state index contributed by atoms with van der Waals surface area (Å²) in [6.45, 7) is 4.18. The molecule has 31 heavy (non-hydrogen) atoms. The summed E-state index contributed by atoms with van der Waals surface area (Å²) in [6, 6.07) is 6.03. The number of aromatic nitrogens is 2. The van der Waals surface area contributed by atoms with Crippen molar-refractivity contribution in [1.82, 2.24) is 19.8 Å². The maximum Gasteiger partial charge on any atom is 0.161 e. The Morgan fingerprint density at radius 3 is 2.74 bits per heavy atom. The van der Waals surface area contributed by atoms with Crippen molar-refractivity contribution in [2.45, 2.75) is 25.0 Å². The van der Waals surface area contributed by atoms with Crippen LogP contribution in [0.1, 0.15) is 18.4 Å². The minimum Gasteiger partial charge on any atom is -0.493 e. The first-order chi connectivity index (χ1) is 14.9. The van der Waals surface area contributed by atoms with Gasteiger partial charge >= 0.3 is 0 Å². The van der Waals surface area contributed by atoms with Gasteiger partial charge in [-0.1, -0.05) is 6.07 Å². The van der Waals surface area contributed by atoms with Crippen LogP contribution in [0.25, 0.3) is 0 Å². The highest BCUT2D eigenvalue weighted by Gasteiger charge is 2.35. The number of methoxy groups -OCH3 is 1. The fourth-order valence-electron chi connectivity index (χ4n) is 4.03. The van der Waals surface area contributed by atoms with Gasteiger partial charge in [-0.25, -0.2) is 4.98 Å². The molecule has 8 heteroatoms. The molecule has 1 aliphatic rings. The van der Waals surface area contributed by atoms with Crippen LogP contribution in [0.4, 0.5) is 5.82 Å². The minimum atomic E-state index is -0.788. The molecule has 0 bridgehead atoms. The molecule has 0 aliphatic carbocycles. The van der Waals surface area contributed by atoms with Crippen LogP contribution in [0.2, 0.25) is 0 Å². The van der Waals surface area contributed by atoms with Gasteiger partial charge in [-0.2, -0.15) is 0 Å². The monoisotopic (exact) mass is 429 g/mol. The van der Waals surface area contributed by atoms with Crippen LogP contribution in [0.3, 0.4) is 0 Å². The molecule has 0 spiro atoms. The molecular formula is C23H35N5O3. The van der Waals surface area contributed by atoms with Crippen molar-refractivity contribution in [2.75, 3.05) is 65.9 Å². The number of anilines is 1. The first kappa shape index (κ1) is 23.2. The highest BCUT2D eigenvalue weighted by atomic mass is 16.5. The Morgan fingerprint density at radius 2 is 2.03 bits per heavy atom. The zero-order chi connectivity index (χ0) is 22.3. The van der Waals surface area contributed by atoms with E-state index < -0.39 is 5.60 Å². The molecule has 1 unspecified atom stereocenters. The number of piperidine rings is 1. The van der Waals surface area contributed by atoms with Crippen molar-refractivity contribution >= 4 is 5.82 Å². The van der Waals surface area contributed by atoms with Gasteiger partial charge in [-0.3, -0.25) is 9.88 Å². The topological polar surface area (TPSA) is 74.2 Å². The van der Waals surface area contributed by atoms with E-state index in [0.717, 1.165) is 48.8 Å². The Kier molecular flexibility index (Phi) is 8.06. The van der Waals surface area contributed by atoms with Crippen molar-refractivity contribution in [3.8, 4) is 11.5 Å². The van der Waals surface area contributed by atoms with Gasteiger partial charge in [0.1, 0.15) is 12.4 Å². The zero-order valence-corrected chi connectivity index (χ0v) is 19.1. The summed E-state index contributed by atoms with van der Waals surface area (Å²) in [5, 5.41) is 11.3. The van der Waals surface area contributed by atoms with E-state index in [1.807, 2.05) is 33.3 Å². The largest absolute Gasteiger partial charge is 0.493 e. The molecule has 8 nitrogen and oxygen atoms in total. The number of nitrogens with zero attached hydrogens (tertiary/aromatic N) is 5. The Bertz CT molecular complexity index is 820. The SMILES string of the molecule is COc1cc(CN(C)CC2(O)CCCN(c3cnccn3)C2)ccc1OCCN(C)C. The third-order valence-electron chi connectivity index (χ3n) is 5.47. The quantitative estimate of drug-likeness (QED) is 0.614. The average Bonchev–Trinajstić information content (AvgIpc) is 2.74. The highest BCUT2D eigenvalue weighted by molar-refractivity contribution is 5.43. The summed E-state index contributed by atoms with van der Waals surface area (Å²) < 4.78 is 11.4. The molecule has 3 rings (SSSR count). The highest BCUT2D eigenvalue weighted by Crippen LogP contribution is 2.29. The van der Waals surface area contributed by atoms with E-state index in [2.05, 4.69) is 30.7 Å². The standard InChI is InChI=1S/C23H35N5O3/c1-26(2)12-13-31-20-7-6-19(14-21(20)30-4)16-27(3)17-23(29)8-5-11-28(18-23)22-15-24-9-10-25-22/h6-7,9-10,14-15,29H,5,8,11-13,16-18H2,1-4H3. The predicted octanol–water partition coefficient (Wildman–Crippen LogP) is 1.89. The van der Waals surface area contributed by atoms with Crippen LogP contribution in [0.15, 0.2) is 36.8 Å². The van der Waals surface area contributed by atoms with E-state index in [-0.39, 0.29) is 0 Å². The van der Waals surface area contributed by atoms with Crippen molar-refractivity contribution in [3.63, 3.8) is 0 Å². The maximum absolute atomic E-state index is 11.3. The van der Waals surface area contributed by atoms with E-state index >= 15 is 0 Å². The number of β-amino-alcohol motifs (C(OH)–C–C–N with tert-alkyl or cyclic N) is 1. The number of benzene rings is 1. The second kappa shape index (κ2) is 10.7. The first-order valence-electron chi connectivity index (χ1n) is 10.7. The van der Waals surface area contributed by atoms with E-state index in [9.17, 15) is 5.11 Å². The summed E-state index contributed by atoms with van der Waals surface area (Å²) in [4.78, 5) is 14.9. The summed E-state index contributed by atoms with van der Waals surface area (Å²) >= 11 is 0. The van der Waals surface area contributed by atoms with Gasteiger partial charge in [0, 0.05) is 45.1 Å². The lowest BCUT2D eigenvalue weighted by Gasteiger charge is -2.41. The van der Waals surface area contributed by atoms with Crippen LogP contribution in [0, 0.1) is 0 Å². The molecule has 170 valence electrons. The number of hydrogen-bond acceptors (Lipinski definition) is 8. The average molecular weight is 430 g/mol. The van der Waals surface area contributed by atoms with Gasteiger partial charge in [0.15, 0.2) is 11.5 Å². The van der Waals surface area contributed by atoms with Crippen LogP contribution in [0.5, 0.6) is 11.5 Å². The van der Waals surface area contributed by atoms with Crippen molar-refractivity contribution in [1.29, 1.82) is 0 Å². The van der Waals surface area contributed by atoms with Crippen molar-refractivity contribution < 1.29 is 14.6 Å². The fourth-order valence-corrected chi connectivity index (χ4v) is 4.03. The van der Waals surface area contributed by atoms with E-state index in [1.54, 1.807) is 25.7 Å². The molecule has 1 aliphatic heterocycles. The molecule has 1 fully saturated rings. The molecule has 1 aromatic heterocycles. The third-order valence-corrected chi connectivity index (χ3v) is 5.47. The third kappa shape index (κ3) is 6.78. The lowest BCUT2D eigenvalue weighted by molar-refractivity contribution is -0.00350. The van der Waals surface area contributed by atoms with Gasteiger partial charge in [0.25, 0.3) is 0 Å². The van der Waals surface area contributed by atoms with Crippen LogP contribution >= 0.6 is 0 Å². The predicted molar refractivity (Wildman–Crippen MR) is 122 cm³/mol. The molecular weight excluding hydrogens is 394 g/mol. The zero-order valence-electron chi connectivity index (χ0n) is 19.1. The fraction of sp³-hybridized carbons (Fsp3) is 0.565. The second-order valence-electron chi connectivity index (χ2n) is 8.62. The number of rotatable bonds is 10. The van der Waals surface area contributed by atoms with Gasteiger partial charge in [0.05, 0.1) is 18.9 Å². The number of ether oxygens (including phenoxy) is 2. The number of likely N-dealkylation sites (N-methyl/N-ethyl adjacent to an activating group) is 2. The molecule has 1 atom stereocenters. The van der Waals surface area contributed by atoms with Crippen molar-refractivity contribution in [2.24, 2.45) is 0 Å². The van der Waals surface area contributed by atoms with Crippen LogP contribution < -0.4 is 14.4 Å². The Hall–Kier alpha value is -2.42. The molecule has 0 radical (unpaired) electrons. The molecule has 1 saturated heterocycles. The lowest BCUT2D eigenvalue weighted by atomic mass is 9.92. The number of hydrogen-bond donors (Lipinski definition) is 1.